The third-order valence-corrected chi connectivity index (χ3v) is 1.16. The molecule has 0 aliphatic carbocycles. The van der Waals surface area contributed by atoms with Gasteiger partial charge in [0.1, 0.15) is 6.04 Å². The molecule has 0 amide bonds. The molecule has 0 aliphatic rings. The molecule has 0 aromatic heterocycles. The predicted molar refractivity (Wildman–Crippen MR) is 31.3 cm³/mol. The topological polar surface area (TPSA) is 66.6 Å². The van der Waals surface area contributed by atoms with Crippen LogP contribution in [0, 0.1) is 10.1 Å². The summed E-state index contributed by atoms with van der Waals surface area (Å²) in [5.41, 5.74) is 0. The number of likely N-dealkylation sites (N-methyl/N-ethyl adjacent to an activating group) is 1. The predicted octanol–water partition coefficient (Wildman–Crippen LogP) is -0.509. The minimum absolute atomic E-state index is 0.197. The number of hydrogen-bond acceptors (Lipinski definition) is 3. The number of hydrazine groups is 1. The van der Waals surface area contributed by atoms with Crippen LogP contribution in [0.4, 0.5) is 0 Å². The summed E-state index contributed by atoms with van der Waals surface area (Å²) >= 11 is 0. The fraction of sp³-hybridized carbons (Fsp3) is 1.00. The molecule has 54 valence electrons. The Labute approximate surface area is 53.0 Å². The fourth-order valence-electron chi connectivity index (χ4n) is 0.279. The molecule has 5 heteroatoms. The quantitative estimate of drug-likeness (QED) is 0.417. The summed E-state index contributed by atoms with van der Waals surface area (Å²) in [5.74, 6) is 0. The largest absolute Gasteiger partial charge is 0.394 e. The standard InChI is InChI=1S/C4H10N2O3/c1-4(3-7)5(2)6(8)9/h4,7H,3H2,1-2H3. The molecule has 1 N–H and O–H groups in total. The van der Waals surface area contributed by atoms with E-state index < -0.39 is 11.1 Å². The van der Waals surface area contributed by atoms with Crippen molar-refractivity contribution in [2.24, 2.45) is 0 Å². The maximum absolute atomic E-state index is 9.92. The Morgan fingerprint density at radius 2 is 2.33 bits per heavy atom. The summed E-state index contributed by atoms with van der Waals surface area (Å²) in [5, 5.41) is 18.6. The van der Waals surface area contributed by atoms with E-state index in [2.05, 4.69) is 0 Å². The van der Waals surface area contributed by atoms with Crippen molar-refractivity contribution in [2.45, 2.75) is 13.0 Å². The molecule has 0 spiro atoms. The summed E-state index contributed by atoms with van der Waals surface area (Å²) in [6.45, 7) is 1.38. The Kier molecular flexibility index (Phi) is 2.94. The van der Waals surface area contributed by atoms with Gasteiger partial charge in [0.15, 0.2) is 5.03 Å². The highest BCUT2D eigenvalue weighted by molar-refractivity contribution is 4.50. The molecule has 0 aromatic carbocycles. The zero-order valence-electron chi connectivity index (χ0n) is 5.44. The third kappa shape index (κ3) is 2.27. The van der Waals surface area contributed by atoms with E-state index in [1.54, 1.807) is 6.92 Å². The maximum Gasteiger partial charge on any atom is 0.160 e. The van der Waals surface area contributed by atoms with E-state index >= 15 is 0 Å². The first-order chi connectivity index (χ1) is 4.09. The maximum atomic E-state index is 9.92. The van der Waals surface area contributed by atoms with Crippen LogP contribution in [0.2, 0.25) is 0 Å². The van der Waals surface area contributed by atoms with E-state index in [0.29, 0.717) is 0 Å². The Balaban J connectivity index is 3.72. The van der Waals surface area contributed by atoms with Crippen molar-refractivity contribution >= 4 is 0 Å². The van der Waals surface area contributed by atoms with E-state index in [9.17, 15) is 10.1 Å². The molecule has 1 atom stereocenters. The van der Waals surface area contributed by atoms with Crippen molar-refractivity contribution < 1.29 is 10.1 Å². The molecule has 1 unspecified atom stereocenters. The first-order valence-electron chi connectivity index (χ1n) is 2.57. The molecule has 0 rings (SSSR count). The summed E-state index contributed by atoms with van der Waals surface area (Å²) in [6.07, 6.45) is 0. The van der Waals surface area contributed by atoms with Crippen LogP contribution in [0.15, 0.2) is 0 Å². The van der Waals surface area contributed by atoms with Crippen molar-refractivity contribution in [3.8, 4) is 0 Å². The van der Waals surface area contributed by atoms with Gasteiger partial charge in [0.25, 0.3) is 0 Å². The Morgan fingerprint density at radius 3 is 2.44 bits per heavy atom. The van der Waals surface area contributed by atoms with Crippen LogP contribution in [0.1, 0.15) is 6.92 Å². The first kappa shape index (κ1) is 8.16. The highest BCUT2D eigenvalue weighted by atomic mass is 16.7. The van der Waals surface area contributed by atoms with E-state index in [1.807, 2.05) is 0 Å². The van der Waals surface area contributed by atoms with Crippen molar-refractivity contribution in [3.05, 3.63) is 10.1 Å². The second-order valence-electron chi connectivity index (χ2n) is 1.84. The lowest BCUT2D eigenvalue weighted by molar-refractivity contribution is -0.657. The van der Waals surface area contributed by atoms with E-state index in [1.165, 1.54) is 7.05 Å². The van der Waals surface area contributed by atoms with Gasteiger partial charge in [-0.2, -0.15) is 0 Å². The Bertz CT molecular complexity index is 106. The van der Waals surface area contributed by atoms with Crippen molar-refractivity contribution in [1.82, 2.24) is 5.01 Å². The monoisotopic (exact) mass is 134 g/mol. The molecular formula is C4H10N2O3. The molecule has 9 heavy (non-hydrogen) atoms. The van der Waals surface area contributed by atoms with Crippen molar-refractivity contribution in [3.63, 3.8) is 0 Å². The molecule has 0 heterocycles. The molecule has 5 nitrogen and oxygen atoms in total. The number of aliphatic hydroxyl groups is 1. The SMILES string of the molecule is CC(CO)N(C)[N+](=O)[O-]. The van der Waals surface area contributed by atoms with Crippen LogP contribution in [0.5, 0.6) is 0 Å². The van der Waals surface area contributed by atoms with E-state index in [4.69, 9.17) is 5.11 Å². The summed E-state index contributed by atoms with van der Waals surface area (Å²) in [6, 6.07) is -0.417. The van der Waals surface area contributed by atoms with Crippen LogP contribution >= 0.6 is 0 Å². The van der Waals surface area contributed by atoms with Crippen LogP contribution in [-0.2, 0) is 0 Å². The van der Waals surface area contributed by atoms with Gasteiger partial charge in [-0.3, -0.25) is 0 Å². The minimum Gasteiger partial charge on any atom is -0.394 e. The number of hydrogen-bond donors (Lipinski definition) is 1. The zero-order chi connectivity index (χ0) is 7.44. The molecule has 0 saturated carbocycles. The zero-order valence-corrected chi connectivity index (χ0v) is 5.44. The molecule has 0 aromatic rings. The second kappa shape index (κ2) is 3.24. The van der Waals surface area contributed by atoms with Crippen LogP contribution in [-0.4, -0.2) is 34.8 Å². The summed E-state index contributed by atoms with van der Waals surface area (Å²) < 4.78 is 0. The van der Waals surface area contributed by atoms with Gasteiger partial charge in [-0.1, -0.05) is 0 Å². The molecule has 0 bridgehead atoms. The lowest BCUT2D eigenvalue weighted by atomic mass is 10.4. The number of rotatable bonds is 3. The van der Waals surface area contributed by atoms with Crippen LogP contribution in [0.25, 0.3) is 0 Å². The molecule has 0 radical (unpaired) electrons. The van der Waals surface area contributed by atoms with Crippen molar-refractivity contribution in [1.29, 1.82) is 0 Å². The van der Waals surface area contributed by atoms with Gasteiger partial charge in [-0.15, -0.1) is 5.01 Å². The summed E-state index contributed by atoms with van der Waals surface area (Å²) in [7, 11) is 1.32. The van der Waals surface area contributed by atoms with Gasteiger partial charge in [-0.25, -0.2) is 10.1 Å². The lowest BCUT2D eigenvalue weighted by Gasteiger charge is -2.13. The minimum atomic E-state index is -0.555. The second-order valence-corrected chi connectivity index (χ2v) is 1.84. The van der Waals surface area contributed by atoms with E-state index in [0.717, 1.165) is 5.01 Å². The fourth-order valence-corrected chi connectivity index (χ4v) is 0.279. The average Bonchev–Trinajstić information content (AvgIpc) is 1.84. The molecular weight excluding hydrogens is 124 g/mol. The van der Waals surface area contributed by atoms with Gasteiger partial charge in [0.05, 0.1) is 13.7 Å². The number of nitrogens with zero attached hydrogens (tertiary/aromatic N) is 2. The average molecular weight is 134 g/mol. The van der Waals surface area contributed by atoms with Crippen LogP contribution in [0.3, 0.4) is 0 Å². The van der Waals surface area contributed by atoms with Crippen LogP contribution < -0.4 is 0 Å². The third-order valence-electron chi connectivity index (χ3n) is 1.16. The smallest absolute Gasteiger partial charge is 0.160 e. The Morgan fingerprint density at radius 1 is 1.89 bits per heavy atom. The Hall–Kier alpha value is -0.840. The normalized spacial score (nSPS) is 12.8. The lowest BCUT2D eigenvalue weighted by Crippen LogP contribution is -2.36. The van der Waals surface area contributed by atoms with Crippen molar-refractivity contribution in [2.75, 3.05) is 13.7 Å². The van der Waals surface area contributed by atoms with Gasteiger partial charge in [0, 0.05) is 0 Å². The molecule has 0 saturated heterocycles. The molecule has 0 aliphatic heterocycles. The van der Waals surface area contributed by atoms with Gasteiger partial charge in [-0.05, 0) is 6.92 Å². The summed E-state index contributed by atoms with van der Waals surface area (Å²) in [4.78, 5) is 9.92. The van der Waals surface area contributed by atoms with Gasteiger partial charge in [0.2, 0.25) is 0 Å². The number of nitro groups is 1. The van der Waals surface area contributed by atoms with E-state index in [-0.39, 0.29) is 6.61 Å². The molecule has 0 fully saturated rings. The number of aliphatic hydroxyl groups excluding tert-OH is 1. The van der Waals surface area contributed by atoms with Gasteiger partial charge < -0.3 is 5.11 Å². The first-order valence-corrected chi connectivity index (χ1v) is 2.57. The highest BCUT2D eigenvalue weighted by Gasteiger charge is 2.14. The highest BCUT2D eigenvalue weighted by Crippen LogP contribution is 1.91. The van der Waals surface area contributed by atoms with Gasteiger partial charge >= 0.3 is 0 Å².